The first-order chi connectivity index (χ1) is 16.3. The Hall–Kier alpha value is -2.19. The molecule has 0 saturated carbocycles. The highest BCUT2D eigenvalue weighted by Crippen LogP contribution is 2.57. The summed E-state index contributed by atoms with van der Waals surface area (Å²) < 4.78 is 12.1. The van der Waals surface area contributed by atoms with E-state index >= 15 is 0 Å². The number of hydrogen-bond donors (Lipinski definition) is 1. The van der Waals surface area contributed by atoms with Crippen LogP contribution in [0.1, 0.15) is 53.4 Å². The van der Waals surface area contributed by atoms with Gasteiger partial charge in [0, 0.05) is 13.1 Å². The van der Waals surface area contributed by atoms with Gasteiger partial charge >= 0.3 is 5.97 Å². The Morgan fingerprint density at radius 3 is 2.56 bits per heavy atom. The van der Waals surface area contributed by atoms with Crippen molar-refractivity contribution in [2.75, 3.05) is 26.3 Å². The molecule has 1 N–H and O–H groups in total. The maximum Gasteiger partial charge on any atom is 0.313 e. The van der Waals surface area contributed by atoms with Gasteiger partial charge in [-0.3, -0.25) is 14.4 Å². The van der Waals surface area contributed by atoms with Gasteiger partial charge in [0.2, 0.25) is 11.8 Å². The third kappa shape index (κ3) is 3.70. The van der Waals surface area contributed by atoms with Crippen molar-refractivity contribution in [1.29, 1.82) is 0 Å². The first kappa shape index (κ1) is 24.9. The summed E-state index contributed by atoms with van der Waals surface area (Å²) in [5, 5.41) is 10.4. The normalized spacial score (nSPS) is 36.5. The minimum absolute atomic E-state index is 0.0363. The SMILES string of the molecule is CCCCCN1CC=C[C@]23O[C@@]4(C)C=CCOC(=O)[C@H]4[C@H]2C(=O)N([C@@H](CO)[C@@H](C)CC)C3C1=O. The van der Waals surface area contributed by atoms with Crippen molar-refractivity contribution < 1.29 is 29.0 Å². The van der Waals surface area contributed by atoms with Crippen molar-refractivity contribution in [3.05, 3.63) is 24.3 Å². The van der Waals surface area contributed by atoms with E-state index in [-0.39, 0.29) is 30.9 Å². The minimum atomic E-state index is -1.30. The van der Waals surface area contributed by atoms with E-state index in [1.807, 2.05) is 26.0 Å². The Bertz CT molecular complexity index is 887. The molecule has 0 aliphatic carbocycles. The van der Waals surface area contributed by atoms with E-state index in [0.717, 1.165) is 25.7 Å². The van der Waals surface area contributed by atoms with Crippen LogP contribution >= 0.6 is 0 Å². The van der Waals surface area contributed by atoms with E-state index < -0.39 is 41.1 Å². The summed E-state index contributed by atoms with van der Waals surface area (Å²) in [6.45, 7) is 8.75. The number of carbonyl (C=O) groups is 3. The lowest BCUT2D eigenvalue weighted by Gasteiger charge is -2.41. The van der Waals surface area contributed by atoms with Gasteiger partial charge in [0.25, 0.3) is 0 Å². The number of carbonyl (C=O) groups excluding carboxylic acids is 3. The molecule has 2 amide bonds. The number of aliphatic hydroxyl groups excluding tert-OH is 1. The Balaban J connectivity index is 1.84. The van der Waals surface area contributed by atoms with Gasteiger partial charge in [0.1, 0.15) is 24.2 Å². The molecule has 2 fully saturated rings. The third-order valence-electron chi connectivity index (χ3n) is 8.21. The number of unbranched alkanes of at least 4 members (excludes halogenated alkanes) is 2. The first-order valence-electron chi connectivity index (χ1n) is 12.7. The van der Waals surface area contributed by atoms with E-state index in [4.69, 9.17) is 9.47 Å². The highest BCUT2D eigenvalue weighted by Gasteiger charge is 2.75. The molecule has 0 radical (unpaired) electrons. The van der Waals surface area contributed by atoms with Gasteiger partial charge in [-0.05, 0) is 25.3 Å². The zero-order valence-electron chi connectivity index (χ0n) is 20.7. The lowest BCUT2D eigenvalue weighted by Crippen LogP contribution is -2.59. The monoisotopic (exact) mass is 474 g/mol. The summed E-state index contributed by atoms with van der Waals surface area (Å²) in [6.07, 6.45) is 10.9. The molecule has 188 valence electrons. The van der Waals surface area contributed by atoms with Crippen molar-refractivity contribution in [2.45, 2.75) is 76.7 Å². The molecule has 0 aromatic carbocycles. The van der Waals surface area contributed by atoms with Gasteiger partial charge in [-0.25, -0.2) is 0 Å². The number of esters is 1. The summed E-state index contributed by atoms with van der Waals surface area (Å²) in [7, 11) is 0. The predicted octanol–water partition coefficient (Wildman–Crippen LogP) is 2.07. The number of hydrogen-bond acceptors (Lipinski definition) is 6. The molecule has 7 atom stereocenters. The highest BCUT2D eigenvalue weighted by molar-refractivity contribution is 5.99. The minimum Gasteiger partial charge on any atom is -0.461 e. The molecule has 34 heavy (non-hydrogen) atoms. The standard InChI is InChI=1S/C26H38N2O6/c1-5-7-8-13-27-14-9-12-26-19(20-24(32)33-15-10-11-25(20,4)34-26)22(30)28(21(26)23(27)31)18(16-29)17(3)6-2/h9-12,17-21,29H,5-8,13-16H2,1-4H3/t17-,18-,19-,20+,21?,25-,26-/m0/s1. The van der Waals surface area contributed by atoms with Crippen LogP contribution in [0.2, 0.25) is 0 Å². The molecule has 2 saturated heterocycles. The zero-order chi connectivity index (χ0) is 24.7. The molecular weight excluding hydrogens is 436 g/mol. The van der Waals surface area contributed by atoms with Gasteiger partial charge in [-0.2, -0.15) is 0 Å². The van der Waals surface area contributed by atoms with Crippen LogP contribution in [0.4, 0.5) is 0 Å². The van der Waals surface area contributed by atoms with Crippen molar-refractivity contribution in [3.8, 4) is 0 Å². The molecule has 0 aromatic heterocycles. The van der Waals surface area contributed by atoms with Crippen LogP contribution in [0.25, 0.3) is 0 Å². The largest absolute Gasteiger partial charge is 0.461 e. The van der Waals surface area contributed by atoms with Crippen molar-refractivity contribution in [2.24, 2.45) is 17.8 Å². The molecule has 8 heteroatoms. The fourth-order valence-electron chi connectivity index (χ4n) is 6.27. The lowest BCUT2D eigenvalue weighted by atomic mass is 9.75. The van der Waals surface area contributed by atoms with E-state index in [2.05, 4.69) is 6.92 Å². The van der Waals surface area contributed by atoms with Crippen LogP contribution < -0.4 is 0 Å². The molecule has 4 aliphatic rings. The number of fused-ring (bicyclic) bond motifs is 2. The zero-order valence-corrected chi connectivity index (χ0v) is 20.7. The number of aliphatic hydroxyl groups is 1. The summed E-state index contributed by atoms with van der Waals surface area (Å²) in [4.78, 5) is 44.7. The molecule has 8 nitrogen and oxygen atoms in total. The summed E-state index contributed by atoms with van der Waals surface area (Å²) in [6, 6.07) is -1.49. The molecule has 0 aromatic rings. The number of cyclic esters (lactones) is 1. The molecule has 4 aliphatic heterocycles. The van der Waals surface area contributed by atoms with Gasteiger partial charge in [-0.15, -0.1) is 0 Å². The van der Waals surface area contributed by atoms with Gasteiger partial charge in [-0.1, -0.05) is 58.3 Å². The number of nitrogens with zero attached hydrogens (tertiary/aromatic N) is 2. The molecule has 0 bridgehead atoms. The smallest absolute Gasteiger partial charge is 0.313 e. The summed E-state index contributed by atoms with van der Waals surface area (Å²) in [5.41, 5.74) is -2.36. The molecule has 1 spiro atoms. The van der Waals surface area contributed by atoms with Crippen LogP contribution in [0.15, 0.2) is 24.3 Å². The fraction of sp³-hybridized carbons (Fsp3) is 0.731. The highest BCUT2D eigenvalue weighted by atomic mass is 16.6. The van der Waals surface area contributed by atoms with Crippen LogP contribution in [0.5, 0.6) is 0 Å². The topological polar surface area (TPSA) is 96.4 Å². The molecule has 1 unspecified atom stereocenters. The second kappa shape index (κ2) is 9.46. The van der Waals surface area contributed by atoms with Crippen LogP contribution in [0, 0.1) is 17.8 Å². The lowest BCUT2D eigenvalue weighted by molar-refractivity contribution is -0.160. The molecule has 4 heterocycles. The molecular formula is C26H38N2O6. The van der Waals surface area contributed by atoms with Gasteiger partial charge in [0.15, 0.2) is 0 Å². The van der Waals surface area contributed by atoms with Crippen LogP contribution in [-0.2, 0) is 23.9 Å². The average molecular weight is 475 g/mol. The average Bonchev–Trinajstić information content (AvgIpc) is 3.07. The Kier molecular flexibility index (Phi) is 6.93. The van der Waals surface area contributed by atoms with E-state index in [0.29, 0.717) is 13.1 Å². The summed E-state index contributed by atoms with van der Waals surface area (Å²) >= 11 is 0. The fourth-order valence-corrected chi connectivity index (χ4v) is 6.27. The van der Waals surface area contributed by atoms with Crippen molar-refractivity contribution in [3.63, 3.8) is 0 Å². The number of rotatable bonds is 8. The van der Waals surface area contributed by atoms with E-state index in [1.54, 1.807) is 28.9 Å². The Morgan fingerprint density at radius 2 is 1.88 bits per heavy atom. The van der Waals surface area contributed by atoms with Gasteiger partial charge in [0.05, 0.1) is 24.2 Å². The van der Waals surface area contributed by atoms with Crippen molar-refractivity contribution in [1.82, 2.24) is 9.80 Å². The predicted molar refractivity (Wildman–Crippen MR) is 126 cm³/mol. The van der Waals surface area contributed by atoms with Crippen molar-refractivity contribution >= 4 is 17.8 Å². The number of ether oxygens (including phenoxy) is 2. The van der Waals surface area contributed by atoms with Crippen LogP contribution in [-0.4, -0.2) is 82.3 Å². The van der Waals surface area contributed by atoms with Crippen LogP contribution in [0.3, 0.4) is 0 Å². The second-order valence-corrected chi connectivity index (χ2v) is 10.3. The second-order valence-electron chi connectivity index (χ2n) is 10.3. The quantitative estimate of drug-likeness (QED) is 0.329. The van der Waals surface area contributed by atoms with E-state index in [1.165, 1.54) is 0 Å². The summed E-state index contributed by atoms with van der Waals surface area (Å²) in [5.74, 6) is -2.80. The Labute approximate surface area is 201 Å². The van der Waals surface area contributed by atoms with Gasteiger partial charge < -0.3 is 24.4 Å². The first-order valence-corrected chi connectivity index (χ1v) is 12.7. The maximum absolute atomic E-state index is 14.1. The molecule has 4 rings (SSSR count). The number of likely N-dealkylation sites (tertiary alicyclic amines) is 1. The van der Waals surface area contributed by atoms with E-state index in [9.17, 15) is 19.5 Å². The maximum atomic E-state index is 14.1. The number of amides is 2. The Morgan fingerprint density at radius 1 is 1.12 bits per heavy atom. The third-order valence-corrected chi connectivity index (χ3v) is 8.21.